The van der Waals surface area contributed by atoms with Crippen LogP contribution in [0, 0.1) is 0 Å². The third-order valence-corrected chi connectivity index (χ3v) is 3.81. The van der Waals surface area contributed by atoms with Gasteiger partial charge in [-0.05, 0) is 43.9 Å². The molecule has 1 aliphatic rings. The van der Waals surface area contributed by atoms with Crippen LogP contribution in [0.25, 0.3) is 0 Å². The van der Waals surface area contributed by atoms with Crippen molar-refractivity contribution in [2.24, 2.45) is 0 Å². The predicted octanol–water partition coefficient (Wildman–Crippen LogP) is 2.53. The fourth-order valence-electron chi connectivity index (χ4n) is 1.65. The molecule has 78 valence electrons. The highest BCUT2D eigenvalue weighted by Crippen LogP contribution is 2.10. The average molecular weight is 219 g/mol. The summed E-state index contributed by atoms with van der Waals surface area (Å²) in [6, 6.07) is 0. The van der Waals surface area contributed by atoms with E-state index in [0.29, 0.717) is 0 Å². The van der Waals surface area contributed by atoms with Crippen LogP contribution in [0.3, 0.4) is 0 Å². The van der Waals surface area contributed by atoms with Gasteiger partial charge in [-0.3, -0.25) is 0 Å². The zero-order valence-corrected chi connectivity index (χ0v) is 10.1. The molecule has 0 aromatic heterocycles. The minimum absolute atomic E-state index is 1.05. The van der Waals surface area contributed by atoms with Crippen molar-refractivity contribution in [2.75, 3.05) is 36.9 Å². The van der Waals surface area contributed by atoms with Gasteiger partial charge >= 0.3 is 0 Å². The van der Waals surface area contributed by atoms with Gasteiger partial charge in [-0.25, -0.2) is 0 Å². The molecule has 3 heteroatoms. The van der Waals surface area contributed by atoms with Gasteiger partial charge < -0.3 is 4.90 Å². The van der Waals surface area contributed by atoms with E-state index in [0.717, 1.165) is 5.75 Å². The van der Waals surface area contributed by atoms with E-state index in [1.54, 1.807) is 0 Å². The molecule has 13 heavy (non-hydrogen) atoms. The molecule has 0 bridgehead atoms. The average Bonchev–Trinajstić information content (AvgIpc) is 2.41. The molecule has 0 spiro atoms. The normalized spacial score (nSPS) is 20.1. The van der Waals surface area contributed by atoms with Gasteiger partial charge in [-0.15, -0.1) is 0 Å². The van der Waals surface area contributed by atoms with E-state index >= 15 is 0 Å². The van der Waals surface area contributed by atoms with E-state index in [-0.39, 0.29) is 0 Å². The number of hydrogen-bond donors (Lipinski definition) is 1. The fraction of sp³-hybridized carbons (Fsp3) is 1.00. The summed E-state index contributed by atoms with van der Waals surface area (Å²) in [5, 5.41) is 0. The Morgan fingerprint density at radius 1 is 1.08 bits per heavy atom. The molecular weight excluding hydrogens is 198 g/mol. The Labute approximate surface area is 92.1 Å². The summed E-state index contributed by atoms with van der Waals surface area (Å²) in [6.07, 6.45) is 5.39. The lowest BCUT2D eigenvalue weighted by atomic mass is 10.2. The molecule has 1 saturated heterocycles. The van der Waals surface area contributed by atoms with E-state index in [2.05, 4.69) is 29.3 Å². The van der Waals surface area contributed by atoms with Crippen molar-refractivity contribution in [2.45, 2.75) is 25.7 Å². The molecule has 1 heterocycles. The van der Waals surface area contributed by atoms with Crippen LogP contribution in [0.1, 0.15) is 25.7 Å². The van der Waals surface area contributed by atoms with Crippen LogP contribution in [0.5, 0.6) is 0 Å². The number of unbranched alkanes of at least 4 members (excludes halogenated alkanes) is 2. The minimum Gasteiger partial charge on any atom is -0.302 e. The summed E-state index contributed by atoms with van der Waals surface area (Å²) in [6.45, 7) is 3.95. The summed E-state index contributed by atoms with van der Waals surface area (Å²) < 4.78 is 0. The van der Waals surface area contributed by atoms with E-state index in [1.807, 2.05) is 0 Å². The summed E-state index contributed by atoms with van der Waals surface area (Å²) in [5.74, 6) is 3.76. The molecule has 0 saturated carbocycles. The molecule has 0 radical (unpaired) electrons. The second-order valence-corrected chi connectivity index (χ2v) is 5.26. The van der Waals surface area contributed by atoms with Gasteiger partial charge in [0, 0.05) is 12.3 Å². The Balaban J connectivity index is 1.98. The first-order valence-corrected chi connectivity index (χ1v) is 7.13. The molecule has 1 rings (SSSR count). The second kappa shape index (κ2) is 8.01. The molecule has 1 fully saturated rings. The van der Waals surface area contributed by atoms with Crippen LogP contribution >= 0.6 is 24.4 Å². The highest BCUT2D eigenvalue weighted by molar-refractivity contribution is 7.99. The summed E-state index contributed by atoms with van der Waals surface area (Å²) in [4.78, 5) is 2.62. The standard InChI is InChI=1S/C10H21NS2/c12-8-3-1-2-5-11-6-4-9-13-10-7-11/h12H,1-10H2. The van der Waals surface area contributed by atoms with Crippen LogP contribution in [0.15, 0.2) is 0 Å². The Kier molecular flexibility index (Phi) is 7.23. The predicted molar refractivity (Wildman–Crippen MR) is 66.1 cm³/mol. The SMILES string of the molecule is SCCCCCN1CCCSCC1. The summed E-state index contributed by atoms with van der Waals surface area (Å²) in [5.41, 5.74) is 0. The lowest BCUT2D eigenvalue weighted by molar-refractivity contribution is 0.289. The molecule has 0 aromatic rings. The van der Waals surface area contributed by atoms with Crippen molar-refractivity contribution in [3.63, 3.8) is 0 Å². The molecular formula is C10H21NS2. The number of thioether (sulfide) groups is 1. The lowest BCUT2D eigenvalue weighted by Crippen LogP contribution is -2.27. The maximum atomic E-state index is 4.22. The molecule has 0 amide bonds. The Morgan fingerprint density at radius 2 is 2.00 bits per heavy atom. The smallest absolute Gasteiger partial charge is 0.00723 e. The maximum Gasteiger partial charge on any atom is 0.00723 e. The zero-order valence-electron chi connectivity index (χ0n) is 8.37. The van der Waals surface area contributed by atoms with Crippen molar-refractivity contribution in [1.82, 2.24) is 4.90 Å². The first kappa shape index (κ1) is 11.7. The number of rotatable bonds is 5. The Bertz CT molecular complexity index is 111. The Hall–Kier alpha value is 0.660. The van der Waals surface area contributed by atoms with Crippen LogP contribution in [-0.2, 0) is 0 Å². The maximum absolute atomic E-state index is 4.22. The molecule has 0 unspecified atom stereocenters. The van der Waals surface area contributed by atoms with E-state index in [4.69, 9.17) is 0 Å². The van der Waals surface area contributed by atoms with Gasteiger partial charge in [-0.1, -0.05) is 6.42 Å². The fourth-order valence-corrected chi connectivity index (χ4v) is 2.79. The quantitative estimate of drug-likeness (QED) is 0.559. The number of nitrogens with zero attached hydrogens (tertiary/aromatic N) is 1. The van der Waals surface area contributed by atoms with E-state index in [9.17, 15) is 0 Å². The van der Waals surface area contributed by atoms with E-state index in [1.165, 1.54) is 56.8 Å². The lowest BCUT2D eigenvalue weighted by Gasteiger charge is -2.18. The highest BCUT2D eigenvalue weighted by atomic mass is 32.2. The molecule has 1 nitrogen and oxygen atoms in total. The van der Waals surface area contributed by atoms with Crippen molar-refractivity contribution < 1.29 is 0 Å². The first-order valence-electron chi connectivity index (χ1n) is 5.34. The first-order chi connectivity index (χ1) is 6.43. The highest BCUT2D eigenvalue weighted by Gasteiger charge is 2.07. The van der Waals surface area contributed by atoms with Gasteiger partial charge in [0.15, 0.2) is 0 Å². The van der Waals surface area contributed by atoms with Gasteiger partial charge in [-0.2, -0.15) is 24.4 Å². The zero-order chi connectivity index (χ0) is 9.36. The molecule has 0 aromatic carbocycles. The third-order valence-electron chi connectivity index (χ3n) is 2.45. The third kappa shape index (κ3) is 5.87. The van der Waals surface area contributed by atoms with Crippen molar-refractivity contribution in [3.8, 4) is 0 Å². The summed E-state index contributed by atoms with van der Waals surface area (Å²) in [7, 11) is 0. The van der Waals surface area contributed by atoms with Crippen molar-refractivity contribution in [3.05, 3.63) is 0 Å². The van der Waals surface area contributed by atoms with Crippen LogP contribution in [0.4, 0.5) is 0 Å². The second-order valence-electron chi connectivity index (χ2n) is 3.59. The molecule has 1 aliphatic heterocycles. The Morgan fingerprint density at radius 3 is 2.85 bits per heavy atom. The minimum atomic E-state index is 1.05. The van der Waals surface area contributed by atoms with Crippen molar-refractivity contribution >= 4 is 24.4 Å². The van der Waals surface area contributed by atoms with Gasteiger partial charge in [0.1, 0.15) is 0 Å². The van der Waals surface area contributed by atoms with Gasteiger partial charge in [0.2, 0.25) is 0 Å². The monoisotopic (exact) mass is 219 g/mol. The van der Waals surface area contributed by atoms with Crippen LogP contribution in [0.2, 0.25) is 0 Å². The summed E-state index contributed by atoms with van der Waals surface area (Å²) >= 11 is 6.33. The topological polar surface area (TPSA) is 3.24 Å². The number of hydrogen-bond acceptors (Lipinski definition) is 3. The largest absolute Gasteiger partial charge is 0.302 e. The number of thiol groups is 1. The molecule has 0 aliphatic carbocycles. The molecule has 0 atom stereocenters. The molecule has 0 N–H and O–H groups in total. The van der Waals surface area contributed by atoms with Crippen molar-refractivity contribution in [1.29, 1.82) is 0 Å². The van der Waals surface area contributed by atoms with E-state index < -0.39 is 0 Å². The van der Waals surface area contributed by atoms with Gasteiger partial charge in [0.25, 0.3) is 0 Å². The van der Waals surface area contributed by atoms with Crippen LogP contribution < -0.4 is 0 Å². The van der Waals surface area contributed by atoms with Crippen LogP contribution in [-0.4, -0.2) is 41.8 Å². The van der Waals surface area contributed by atoms with Gasteiger partial charge in [0.05, 0.1) is 0 Å².